The number of benzene rings is 1. The van der Waals surface area contributed by atoms with Crippen molar-refractivity contribution in [2.75, 3.05) is 0 Å². The largest absolute Gasteiger partial charge is 0.298 e. The highest BCUT2D eigenvalue weighted by Gasteiger charge is 2.57. The second-order valence-corrected chi connectivity index (χ2v) is 7.27. The topological polar surface area (TPSA) is 51.2 Å². The molecule has 1 aliphatic rings. The van der Waals surface area contributed by atoms with Crippen molar-refractivity contribution in [3.05, 3.63) is 42.5 Å². The van der Waals surface area contributed by atoms with Crippen LogP contribution in [0.2, 0.25) is 0 Å². The molecule has 1 aromatic carbocycles. The Bertz CT molecular complexity index is 616. The summed E-state index contributed by atoms with van der Waals surface area (Å²) in [5, 5.41) is 0. The first-order chi connectivity index (χ1) is 8.85. The highest BCUT2D eigenvalue weighted by Crippen LogP contribution is 2.48. The van der Waals surface area contributed by atoms with Crippen LogP contribution in [0.1, 0.15) is 26.7 Å². The molecule has 4 heteroatoms. The van der Waals surface area contributed by atoms with Crippen molar-refractivity contribution in [1.82, 2.24) is 0 Å². The molecular weight excluding hydrogens is 260 g/mol. The van der Waals surface area contributed by atoms with Gasteiger partial charge in [0.2, 0.25) is 0 Å². The number of rotatable bonds is 3. The second-order valence-electron chi connectivity index (χ2n) is 5.15. The molecule has 102 valence electrons. The smallest absolute Gasteiger partial charge is 0.195 e. The predicted molar refractivity (Wildman–Crippen MR) is 74.6 cm³/mol. The molecule has 0 bridgehead atoms. The highest BCUT2D eigenvalue weighted by molar-refractivity contribution is 7.94. The fourth-order valence-electron chi connectivity index (χ4n) is 3.15. The molecule has 0 spiro atoms. The molecule has 1 fully saturated rings. The van der Waals surface area contributed by atoms with Crippen molar-refractivity contribution >= 4 is 15.6 Å². The van der Waals surface area contributed by atoms with Gasteiger partial charge in [-0.2, -0.15) is 0 Å². The third-order valence-electron chi connectivity index (χ3n) is 4.10. The zero-order valence-electron chi connectivity index (χ0n) is 11.2. The van der Waals surface area contributed by atoms with Crippen LogP contribution in [-0.4, -0.2) is 18.9 Å². The molecule has 0 N–H and O–H groups in total. The van der Waals surface area contributed by atoms with Crippen LogP contribution < -0.4 is 0 Å². The van der Waals surface area contributed by atoms with Gasteiger partial charge in [0.05, 0.1) is 4.90 Å². The van der Waals surface area contributed by atoms with Gasteiger partial charge in [-0.3, -0.25) is 4.79 Å². The van der Waals surface area contributed by atoms with Crippen molar-refractivity contribution in [3.63, 3.8) is 0 Å². The lowest BCUT2D eigenvalue weighted by Crippen LogP contribution is -2.48. The van der Waals surface area contributed by atoms with Crippen LogP contribution in [0.25, 0.3) is 0 Å². The third kappa shape index (κ3) is 1.77. The summed E-state index contributed by atoms with van der Waals surface area (Å²) in [5.41, 5.74) is 0.524. The van der Waals surface area contributed by atoms with E-state index in [-0.39, 0.29) is 16.6 Å². The van der Waals surface area contributed by atoms with E-state index in [1.807, 2.05) is 6.92 Å². The number of hydrogen-bond donors (Lipinski definition) is 0. The molecule has 2 rings (SSSR count). The van der Waals surface area contributed by atoms with Crippen molar-refractivity contribution < 1.29 is 13.2 Å². The fraction of sp³-hybridized carbons (Fsp3) is 0.400. The molecule has 0 unspecified atom stereocenters. The monoisotopic (exact) mass is 278 g/mol. The molecule has 0 saturated heterocycles. The first-order valence-electron chi connectivity index (χ1n) is 6.34. The quantitative estimate of drug-likeness (QED) is 0.799. The van der Waals surface area contributed by atoms with E-state index in [1.54, 1.807) is 30.3 Å². The van der Waals surface area contributed by atoms with E-state index in [4.69, 9.17) is 0 Å². The first-order valence-corrected chi connectivity index (χ1v) is 7.82. The van der Waals surface area contributed by atoms with Crippen LogP contribution in [0.4, 0.5) is 0 Å². The molecule has 0 radical (unpaired) electrons. The van der Waals surface area contributed by atoms with E-state index in [0.29, 0.717) is 18.4 Å². The lowest BCUT2D eigenvalue weighted by atomic mass is 9.90. The molecule has 19 heavy (non-hydrogen) atoms. The van der Waals surface area contributed by atoms with Gasteiger partial charge in [0, 0.05) is 0 Å². The van der Waals surface area contributed by atoms with Gasteiger partial charge >= 0.3 is 0 Å². The minimum absolute atomic E-state index is 0.195. The predicted octanol–water partition coefficient (Wildman–Crippen LogP) is 2.77. The van der Waals surface area contributed by atoms with Crippen LogP contribution >= 0.6 is 0 Å². The van der Waals surface area contributed by atoms with Gasteiger partial charge in [0.1, 0.15) is 0 Å². The van der Waals surface area contributed by atoms with Crippen LogP contribution in [-0.2, 0) is 14.6 Å². The number of sulfone groups is 1. The molecule has 1 aliphatic carbocycles. The average molecular weight is 278 g/mol. The normalized spacial score (nSPS) is 27.5. The number of hydrogen-bond acceptors (Lipinski definition) is 3. The maximum absolute atomic E-state index is 12.9. The molecule has 0 heterocycles. The Hall–Kier alpha value is -1.42. The van der Waals surface area contributed by atoms with E-state index >= 15 is 0 Å². The molecular formula is C15H18O3S. The van der Waals surface area contributed by atoms with Gasteiger partial charge in [-0.05, 0) is 43.4 Å². The van der Waals surface area contributed by atoms with Crippen LogP contribution in [0.3, 0.4) is 0 Å². The summed E-state index contributed by atoms with van der Waals surface area (Å²) in [7, 11) is -3.75. The summed E-state index contributed by atoms with van der Waals surface area (Å²) in [6.45, 7) is 7.05. The van der Waals surface area contributed by atoms with Crippen LogP contribution in [0.15, 0.2) is 47.4 Å². The Morgan fingerprint density at radius 3 is 2.32 bits per heavy atom. The van der Waals surface area contributed by atoms with Gasteiger partial charge in [-0.1, -0.05) is 31.7 Å². The summed E-state index contributed by atoms with van der Waals surface area (Å²) >= 11 is 0. The Morgan fingerprint density at radius 1 is 1.32 bits per heavy atom. The van der Waals surface area contributed by atoms with Gasteiger partial charge in [0.15, 0.2) is 20.4 Å². The standard InChI is InChI=1S/C15H18O3S/c1-11-9-10-12(2)15(11,13(3)16)19(17,18)14-7-5-4-6-8-14/h4-8,12H,1,9-10H2,2-3H3/t12-,15+/m1/s1. The Morgan fingerprint density at radius 2 is 1.89 bits per heavy atom. The fourth-order valence-corrected chi connectivity index (χ4v) is 5.55. The van der Waals surface area contributed by atoms with Crippen molar-refractivity contribution in [3.8, 4) is 0 Å². The Labute approximate surface area is 114 Å². The summed E-state index contributed by atoms with van der Waals surface area (Å²) in [6, 6.07) is 8.18. The van der Waals surface area contributed by atoms with E-state index in [9.17, 15) is 13.2 Å². The lowest BCUT2D eigenvalue weighted by molar-refractivity contribution is -0.119. The van der Waals surface area contributed by atoms with E-state index < -0.39 is 14.6 Å². The van der Waals surface area contributed by atoms with E-state index in [0.717, 1.165) is 0 Å². The maximum Gasteiger partial charge on any atom is 0.195 e. The SMILES string of the molecule is C=C1CC[C@@H](C)[C@@]1(C(C)=O)S(=O)(=O)c1ccccc1. The minimum Gasteiger partial charge on any atom is -0.298 e. The highest BCUT2D eigenvalue weighted by atomic mass is 32.2. The van der Waals surface area contributed by atoms with Crippen LogP contribution in [0, 0.1) is 5.92 Å². The summed E-state index contributed by atoms with van der Waals surface area (Å²) in [5.74, 6) is -0.561. The summed E-state index contributed by atoms with van der Waals surface area (Å²) < 4.78 is 24.4. The Kier molecular flexibility index (Phi) is 3.39. The molecule has 0 aliphatic heterocycles. The van der Waals surface area contributed by atoms with Crippen molar-refractivity contribution in [2.24, 2.45) is 5.92 Å². The van der Waals surface area contributed by atoms with Crippen molar-refractivity contribution in [2.45, 2.75) is 36.3 Å². The summed E-state index contributed by atoms with van der Waals surface area (Å²) in [6.07, 6.45) is 1.28. The zero-order valence-corrected chi connectivity index (χ0v) is 12.0. The molecule has 3 nitrogen and oxygen atoms in total. The number of ketones is 1. The Balaban J connectivity index is 2.71. The first kappa shape index (κ1) is 14.0. The van der Waals surface area contributed by atoms with Crippen molar-refractivity contribution in [1.29, 1.82) is 0 Å². The number of carbonyl (C=O) groups is 1. The van der Waals surface area contributed by atoms with Gasteiger partial charge in [-0.25, -0.2) is 8.42 Å². The maximum atomic E-state index is 12.9. The van der Waals surface area contributed by atoms with E-state index in [2.05, 4.69) is 6.58 Å². The lowest BCUT2D eigenvalue weighted by Gasteiger charge is -2.32. The summed E-state index contributed by atoms with van der Waals surface area (Å²) in [4.78, 5) is 12.4. The number of carbonyl (C=O) groups excluding carboxylic acids is 1. The minimum atomic E-state index is -3.75. The van der Waals surface area contributed by atoms with Crippen LogP contribution in [0.5, 0.6) is 0 Å². The third-order valence-corrected chi connectivity index (χ3v) is 6.82. The van der Waals surface area contributed by atoms with Gasteiger partial charge in [0.25, 0.3) is 0 Å². The molecule has 0 amide bonds. The molecule has 0 aromatic heterocycles. The van der Waals surface area contributed by atoms with Gasteiger partial charge in [-0.15, -0.1) is 0 Å². The van der Waals surface area contributed by atoms with Gasteiger partial charge < -0.3 is 0 Å². The number of Topliss-reactive ketones (excluding diaryl/α,β-unsaturated/α-hetero) is 1. The molecule has 2 atom stereocenters. The average Bonchev–Trinajstić information content (AvgIpc) is 2.67. The molecule has 1 aromatic rings. The molecule has 1 saturated carbocycles. The zero-order chi connectivity index (χ0) is 14.3. The second kappa shape index (κ2) is 4.60. The van der Waals surface area contributed by atoms with E-state index in [1.165, 1.54) is 6.92 Å².